The Balaban J connectivity index is 1.36. The third-order valence-electron chi connectivity index (χ3n) is 4.94. The molecule has 0 saturated carbocycles. The van der Waals surface area contributed by atoms with E-state index in [1.54, 1.807) is 18.5 Å². The van der Waals surface area contributed by atoms with Crippen molar-refractivity contribution in [3.05, 3.63) is 66.0 Å². The largest absolute Gasteiger partial charge is 0.478 e. The highest BCUT2D eigenvalue weighted by atomic mass is 16.5. The lowest BCUT2D eigenvalue weighted by molar-refractivity contribution is 0.0695. The molecule has 0 spiro atoms. The number of imidazole rings is 1. The maximum atomic E-state index is 11.3. The molecule has 148 valence electrons. The van der Waals surface area contributed by atoms with Gasteiger partial charge in [-0.3, -0.25) is 0 Å². The van der Waals surface area contributed by atoms with Gasteiger partial charge >= 0.3 is 5.97 Å². The number of fused-ring (bicyclic) bond motifs is 3. The van der Waals surface area contributed by atoms with Crippen molar-refractivity contribution in [3.63, 3.8) is 0 Å². The lowest BCUT2D eigenvalue weighted by Gasteiger charge is -2.09. The quantitative estimate of drug-likeness (QED) is 0.446. The summed E-state index contributed by atoms with van der Waals surface area (Å²) in [5.74, 6) is -0.468. The Morgan fingerprint density at radius 3 is 2.76 bits per heavy atom. The lowest BCUT2D eigenvalue weighted by atomic mass is 10.0. The molecule has 2 aromatic heterocycles. The summed E-state index contributed by atoms with van der Waals surface area (Å²) in [6.45, 7) is 1.74. The van der Waals surface area contributed by atoms with Crippen LogP contribution >= 0.6 is 0 Å². The first kappa shape index (κ1) is 18.9. The van der Waals surface area contributed by atoms with Crippen molar-refractivity contribution < 1.29 is 14.6 Å². The first-order chi connectivity index (χ1) is 14.1. The summed E-state index contributed by atoms with van der Waals surface area (Å²) in [5, 5.41) is 10.3. The van der Waals surface area contributed by atoms with Crippen LogP contribution in [0.4, 0.5) is 5.82 Å². The molecule has 4 rings (SSSR count). The number of nitrogens with two attached hydrogens (primary N) is 1. The number of benzene rings is 2. The van der Waals surface area contributed by atoms with Crippen LogP contribution in [0.25, 0.3) is 21.9 Å². The topological polar surface area (TPSA) is 103 Å². The number of hydrogen-bond donors (Lipinski definition) is 2. The maximum Gasteiger partial charge on any atom is 0.335 e. The first-order valence-electron chi connectivity index (χ1n) is 9.53. The highest BCUT2D eigenvalue weighted by molar-refractivity contribution is 6.06. The molecule has 3 N–H and O–H groups in total. The predicted molar refractivity (Wildman–Crippen MR) is 112 cm³/mol. The number of anilines is 1. The van der Waals surface area contributed by atoms with Crippen LogP contribution in [0.3, 0.4) is 0 Å². The van der Waals surface area contributed by atoms with Gasteiger partial charge in [-0.2, -0.15) is 0 Å². The van der Waals surface area contributed by atoms with Gasteiger partial charge in [0.1, 0.15) is 5.52 Å². The maximum absolute atomic E-state index is 11.3. The number of aryl methyl sites for hydroxylation is 1. The van der Waals surface area contributed by atoms with Crippen molar-refractivity contribution >= 4 is 33.7 Å². The molecule has 0 aliphatic carbocycles. The van der Waals surface area contributed by atoms with Gasteiger partial charge in [0, 0.05) is 18.5 Å². The van der Waals surface area contributed by atoms with Gasteiger partial charge in [-0.15, -0.1) is 0 Å². The van der Waals surface area contributed by atoms with Crippen LogP contribution in [-0.2, 0) is 17.7 Å². The smallest absolute Gasteiger partial charge is 0.335 e. The Morgan fingerprint density at radius 2 is 1.90 bits per heavy atom. The monoisotopic (exact) mass is 390 g/mol. The summed E-state index contributed by atoms with van der Waals surface area (Å²) >= 11 is 0. The zero-order valence-corrected chi connectivity index (χ0v) is 15.9. The van der Waals surface area contributed by atoms with E-state index >= 15 is 0 Å². The average molecular weight is 390 g/mol. The SMILES string of the molecule is Nc1nc2ccccc2c2c1ncn2CCOCCCc1ccccc1C(=O)O. The van der Waals surface area contributed by atoms with E-state index in [4.69, 9.17) is 10.5 Å². The van der Waals surface area contributed by atoms with E-state index in [2.05, 4.69) is 9.97 Å². The number of rotatable bonds is 8. The number of carbonyl (C=O) groups is 1. The molecule has 0 radical (unpaired) electrons. The van der Waals surface area contributed by atoms with Gasteiger partial charge in [0.25, 0.3) is 0 Å². The number of nitrogen functional groups attached to an aromatic ring is 1. The van der Waals surface area contributed by atoms with E-state index < -0.39 is 5.97 Å². The van der Waals surface area contributed by atoms with Crippen molar-refractivity contribution in [2.24, 2.45) is 0 Å². The van der Waals surface area contributed by atoms with Crippen molar-refractivity contribution in [2.75, 3.05) is 18.9 Å². The fourth-order valence-corrected chi connectivity index (χ4v) is 3.55. The standard InChI is InChI=1S/C22H22N4O3/c23-21-19-20(17-9-3-4-10-18(17)25-21)26(14-24-19)11-13-29-12-5-7-15-6-1-2-8-16(15)22(27)28/h1-4,6,8-10,14H,5,7,11-13H2,(H2,23,25)(H,27,28). The number of ether oxygens (including phenoxy) is 1. The van der Waals surface area contributed by atoms with Crippen molar-refractivity contribution in [2.45, 2.75) is 19.4 Å². The molecule has 0 bridgehead atoms. The van der Waals surface area contributed by atoms with Crippen molar-refractivity contribution in [1.29, 1.82) is 0 Å². The van der Waals surface area contributed by atoms with Crippen LogP contribution < -0.4 is 5.73 Å². The van der Waals surface area contributed by atoms with Gasteiger partial charge in [0.2, 0.25) is 0 Å². The minimum Gasteiger partial charge on any atom is -0.478 e. The molecule has 7 heteroatoms. The second kappa shape index (κ2) is 8.28. The van der Waals surface area contributed by atoms with Crippen molar-refractivity contribution in [3.8, 4) is 0 Å². The number of hydrogen-bond acceptors (Lipinski definition) is 5. The summed E-state index contributed by atoms with van der Waals surface area (Å²) in [7, 11) is 0. The van der Waals surface area contributed by atoms with E-state index in [0.29, 0.717) is 43.1 Å². The molecule has 2 heterocycles. The summed E-state index contributed by atoms with van der Waals surface area (Å²) < 4.78 is 7.81. The number of aromatic carboxylic acids is 1. The van der Waals surface area contributed by atoms with E-state index in [1.807, 2.05) is 41.0 Å². The number of aromatic nitrogens is 3. The van der Waals surface area contributed by atoms with Gasteiger partial charge in [0.05, 0.1) is 29.5 Å². The first-order valence-corrected chi connectivity index (χ1v) is 9.53. The van der Waals surface area contributed by atoms with E-state index in [0.717, 1.165) is 28.4 Å². The van der Waals surface area contributed by atoms with Crippen LogP contribution in [-0.4, -0.2) is 38.8 Å². The molecule has 0 atom stereocenters. The minimum atomic E-state index is -0.894. The molecule has 7 nitrogen and oxygen atoms in total. The highest BCUT2D eigenvalue weighted by Crippen LogP contribution is 2.26. The number of pyridine rings is 1. The summed E-state index contributed by atoms with van der Waals surface area (Å²) in [4.78, 5) is 20.1. The summed E-state index contributed by atoms with van der Waals surface area (Å²) in [5.41, 5.74) is 9.76. The highest BCUT2D eigenvalue weighted by Gasteiger charge is 2.12. The molecule has 0 saturated heterocycles. The van der Waals surface area contributed by atoms with Gasteiger partial charge in [0.15, 0.2) is 5.82 Å². The van der Waals surface area contributed by atoms with Gasteiger partial charge in [-0.1, -0.05) is 36.4 Å². The van der Waals surface area contributed by atoms with Crippen LogP contribution in [0.5, 0.6) is 0 Å². The van der Waals surface area contributed by atoms with E-state index in [-0.39, 0.29) is 0 Å². The third kappa shape index (κ3) is 3.90. The lowest BCUT2D eigenvalue weighted by Crippen LogP contribution is -2.08. The molecule has 0 aliphatic rings. The van der Waals surface area contributed by atoms with Gasteiger partial charge in [-0.25, -0.2) is 14.8 Å². The van der Waals surface area contributed by atoms with Crippen LogP contribution in [0.1, 0.15) is 22.3 Å². The number of carboxylic acids is 1. The molecular weight excluding hydrogens is 368 g/mol. The van der Waals surface area contributed by atoms with E-state index in [1.165, 1.54) is 0 Å². The molecular formula is C22H22N4O3. The molecule has 2 aromatic carbocycles. The molecule has 0 unspecified atom stereocenters. The van der Waals surface area contributed by atoms with Crippen LogP contribution in [0.2, 0.25) is 0 Å². The van der Waals surface area contributed by atoms with E-state index in [9.17, 15) is 9.90 Å². The minimum absolute atomic E-state index is 0.357. The van der Waals surface area contributed by atoms with Gasteiger partial charge in [-0.05, 0) is 30.5 Å². The zero-order chi connectivity index (χ0) is 20.2. The number of nitrogens with zero attached hydrogens (tertiary/aromatic N) is 3. The zero-order valence-electron chi connectivity index (χ0n) is 15.9. The second-order valence-electron chi connectivity index (χ2n) is 6.83. The summed E-state index contributed by atoms with van der Waals surface area (Å²) in [6, 6.07) is 15.0. The third-order valence-corrected chi connectivity index (χ3v) is 4.94. The molecule has 29 heavy (non-hydrogen) atoms. The van der Waals surface area contributed by atoms with Crippen LogP contribution in [0.15, 0.2) is 54.9 Å². The fraction of sp³-hybridized carbons (Fsp3) is 0.227. The van der Waals surface area contributed by atoms with Crippen molar-refractivity contribution in [1.82, 2.24) is 14.5 Å². The number of para-hydroxylation sites is 1. The second-order valence-corrected chi connectivity index (χ2v) is 6.83. The summed E-state index contributed by atoms with van der Waals surface area (Å²) in [6.07, 6.45) is 3.19. The molecule has 0 amide bonds. The Labute approximate surface area is 167 Å². The van der Waals surface area contributed by atoms with Gasteiger partial charge < -0.3 is 20.1 Å². The molecule has 4 aromatic rings. The normalized spacial score (nSPS) is 11.3. The Bertz CT molecular complexity index is 1170. The number of carboxylic acid groups (broad SMARTS) is 1. The predicted octanol–water partition coefficient (Wildman–Crippen LogP) is 3.51. The molecule has 0 fully saturated rings. The Hall–Kier alpha value is -3.45. The van der Waals surface area contributed by atoms with Crippen LogP contribution in [0, 0.1) is 0 Å². The molecule has 0 aliphatic heterocycles. The Morgan fingerprint density at radius 1 is 1.10 bits per heavy atom. The fourth-order valence-electron chi connectivity index (χ4n) is 3.55. The average Bonchev–Trinajstić information content (AvgIpc) is 3.16. The Kier molecular flexibility index (Phi) is 5.39.